The molecular weight excluding hydrogens is 313 g/mol. The Morgan fingerprint density at radius 3 is 2.52 bits per heavy atom. The highest BCUT2D eigenvalue weighted by Gasteiger charge is 2.32. The molecule has 1 N–H and O–H groups in total. The molecule has 1 aromatic carbocycles. The van der Waals surface area contributed by atoms with Crippen LogP contribution in [0.2, 0.25) is 0 Å². The van der Waals surface area contributed by atoms with Crippen molar-refractivity contribution >= 4 is 6.09 Å². The first-order chi connectivity index (χ1) is 10.9. The fraction of sp³-hybridized carbons (Fsp3) is 0.200. The molecule has 2 aromatic rings. The summed E-state index contributed by atoms with van der Waals surface area (Å²) in [6.45, 7) is -0.115. The average Bonchev–Trinajstić information content (AvgIpc) is 2.51. The summed E-state index contributed by atoms with van der Waals surface area (Å²) >= 11 is 0. The number of alkyl halides is 3. The fourth-order valence-electron chi connectivity index (χ4n) is 1.72. The Balaban J connectivity index is 1.87. The van der Waals surface area contributed by atoms with Crippen molar-refractivity contribution in [3.8, 4) is 5.75 Å². The van der Waals surface area contributed by atoms with Gasteiger partial charge in [0.2, 0.25) is 0 Å². The number of hydrogen-bond donors (Lipinski definition) is 1. The van der Waals surface area contributed by atoms with Gasteiger partial charge in [0.1, 0.15) is 12.4 Å². The Bertz CT molecular complexity index is 648. The molecule has 0 saturated carbocycles. The lowest BCUT2D eigenvalue weighted by Crippen LogP contribution is -2.24. The number of rotatable bonds is 5. The molecule has 122 valence electrons. The van der Waals surface area contributed by atoms with Crippen LogP contribution in [0, 0.1) is 0 Å². The van der Waals surface area contributed by atoms with Gasteiger partial charge in [0.15, 0.2) is 0 Å². The molecule has 0 bridgehead atoms. The van der Waals surface area contributed by atoms with Crippen molar-refractivity contribution in [2.75, 3.05) is 0 Å². The van der Waals surface area contributed by atoms with Gasteiger partial charge in [-0.2, -0.15) is 0 Å². The minimum Gasteiger partial charge on any atom is -0.445 e. The number of ether oxygens (including phenoxy) is 2. The van der Waals surface area contributed by atoms with E-state index in [0.717, 1.165) is 11.6 Å². The monoisotopic (exact) mass is 326 g/mol. The molecule has 0 radical (unpaired) electrons. The lowest BCUT2D eigenvalue weighted by molar-refractivity contribution is -0.275. The Morgan fingerprint density at radius 2 is 1.83 bits per heavy atom. The summed E-state index contributed by atoms with van der Waals surface area (Å²) in [4.78, 5) is 15.4. The fourth-order valence-corrected chi connectivity index (χ4v) is 1.72. The minimum atomic E-state index is -4.81. The predicted molar refractivity (Wildman–Crippen MR) is 74.4 cm³/mol. The highest BCUT2D eigenvalue weighted by molar-refractivity contribution is 5.67. The summed E-state index contributed by atoms with van der Waals surface area (Å²) in [5, 5.41) is 2.48. The van der Waals surface area contributed by atoms with Crippen LogP contribution >= 0.6 is 0 Å². The van der Waals surface area contributed by atoms with Gasteiger partial charge >= 0.3 is 12.5 Å². The number of aromatic nitrogens is 1. The molecule has 1 aromatic heterocycles. The van der Waals surface area contributed by atoms with Crippen LogP contribution in [0.3, 0.4) is 0 Å². The Hall–Kier alpha value is -2.77. The summed E-state index contributed by atoms with van der Waals surface area (Å²) in [6.07, 6.45) is -2.40. The second kappa shape index (κ2) is 7.48. The summed E-state index contributed by atoms with van der Waals surface area (Å²) in [5.74, 6) is -0.401. The van der Waals surface area contributed by atoms with Gasteiger partial charge in [0.25, 0.3) is 0 Å². The highest BCUT2D eigenvalue weighted by Crippen LogP contribution is 2.26. The lowest BCUT2D eigenvalue weighted by Gasteiger charge is -2.13. The SMILES string of the molecule is O=C(NCc1ccncc1)OCc1ccccc1OC(F)(F)F. The van der Waals surface area contributed by atoms with Gasteiger partial charge in [-0.25, -0.2) is 4.79 Å². The maximum Gasteiger partial charge on any atom is 0.573 e. The van der Waals surface area contributed by atoms with Crippen molar-refractivity contribution < 1.29 is 27.4 Å². The van der Waals surface area contributed by atoms with E-state index in [4.69, 9.17) is 4.74 Å². The Kier molecular flexibility index (Phi) is 5.40. The molecule has 0 aliphatic carbocycles. The van der Waals surface area contributed by atoms with Crippen LogP contribution < -0.4 is 10.1 Å². The van der Waals surface area contributed by atoms with E-state index in [0.29, 0.717) is 0 Å². The molecule has 8 heteroatoms. The van der Waals surface area contributed by atoms with Gasteiger partial charge in [-0.15, -0.1) is 13.2 Å². The number of nitrogens with one attached hydrogen (secondary N) is 1. The number of halogens is 3. The molecule has 0 spiro atoms. The van der Waals surface area contributed by atoms with Gasteiger partial charge in [0.05, 0.1) is 0 Å². The van der Waals surface area contributed by atoms with E-state index < -0.39 is 18.2 Å². The van der Waals surface area contributed by atoms with Crippen LogP contribution in [0.25, 0.3) is 0 Å². The third-order valence-electron chi connectivity index (χ3n) is 2.74. The second-order valence-corrected chi connectivity index (χ2v) is 4.44. The van der Waals surface area contributed by atoms with Crippen LogP contribution in [0.1, 0.15) is 11.1 Å². The number of pyridine rings is 1. The smallest absolute Gasteiger partial charge is 0.445 e. The molecule has 2 rings (SSSR count). The number of nitrogens with zero attached hydrogens (tertiary/aromatic N) is 1. The summed E-state index contributed by atoms with van der Waals surface area (Å²) in [7, 11) is 0. The predicted octanol–water partition coefficient (Wildman–Crippen LogP) is 3.41. The summed E-state index contributed by atoms with van der Waals surface area (Å²) in [5.41, 5.74) is 0.932. The number of carbonyl (C=O) groups is 1. The van der Waals surface area contributed by atoms with Crippen molar-refractivity contribution in [1.82, 2.24) is 10.3 Å². The van der Waals surface area contributed by atoms with Crippen LogP contribution in [0.4, 0.5) is 18.0 Å². The zero-order chi connectivity index (χ0) is 16.7. The Morgan fingerprint density at radius 1 is 1.13 bits per heavy atom. The van der Waals surface area contributed by atoms with E-state index in [1.54, 1.807) is 24.5 Å². The highest BCUT2D eigenvalue weighted by atomic mass is 19.4. The standard InChI is InChI=1S/C15H13F3N2O3/c16-15(17,18)23-13-4-2-1-3-12(13)10-22-14(21)20-9-11-5-7-19-8-6-11/h1-8H,9-10H2,(H,20,21). The van der Waals surface area contributed by atoms with Crippen molar-refractivity contribution in [2.45, 2.75) is 19.5 Å². The van der Waals surface area contributed by atoms with Crippen molar-refractivity contribution in [3.63, 3.8) is 0 Å². The maximum atomic E-state index is 12.3. The minimum absolute atomic E-state index is 0.115. The molecule has 1 heterocycles. The first-order valence-corrected chi connectivity index (χ1v) is 6.57. The molecule has 0 atom stereocenters. The van der Waals surface area contributed by atoms with Gasteiger partial charge < -0.3 is 14.8 Å². The molecule has 1 amide bonds. The van der Waals surface area contributed by atoms with E-state index in [-0.39, 0.29) is 18.7 Å². The first kappa shape index (κ1) is 16.6. The molecule has 23 heavy (non-hydrogen) atoms. The van der Waals surface area contributed by atoms with E-state index >= 15 is 0 Å². The first-order valence-electron chi connectivity index (χ1n) is 6.57. The zero-order valence-corrected chi connectivity index (χ0v) is 11.8. The third-order valence-corrected chi connectivity index (χ3v) is 2.74. The number of para-hydroxylation sites is 1. The van der Waals surface area contributed by atoms with Crippen molar-refractivity contribution in [2.24, 2.45) is 0 Å². The summed E-state index contributed by atoms with van der Waals surface area (Å²) in [6, 6.07) is 8.89. The molecule has 0 aliphatic rings. The second-order valence-electron chi connectivity index (χ2n) is 4.44. The molecule has 0 unspecified atom stereocenters. The third kappa shape index (κ3) is 5.85. The molecule has 0 aliphatic heterocycles. The van der Waals surface area contributed by atoms with E-state index in [1.807, 2.05) is 0 Å². The quantitative estimate of drug-likeness (QED) is 0.915. The lowest BCUT2D eigenvalue weighted by atomic mass is 10.2. The summed E-state index contributed by atoms with van der Waals surface area (Å²) < 4.78 is 45.6. The van der Waals surface area contributed by atoms with Crippen LogP contribution in [-0.4, -0.2) is 17.4 Å². The van der Waals surface area contributed by atoms with Crippen molar-refractivity contribution in [1.29, 1.82) is 0 Å². The van der Waals surface area contributed by atoms with E-state index in [1.165, 1.54) is 18.2 Å². The van der Waals surface area contributed by atoms with Gasteiger partial charge in [-0.05, 0) is 23.8 Å². The number of benzene rings is 1. The Labute approximate surface area is 130 Å². The van der Waals surface area contributed by atoms with Crippen LogP contribution in [0.15, 0.2) is 48.8 Å². The normalized spacial score (nSPS) is 10.9. The zero-order valence-electron chi connectivity index (χ0n) is 11.8. The van der Waals surface area contributed by atoms with E-state index in [2.05, 4.69) is 15.0 Å². The number of hydrogen-bond acceptors (Lipinski definition) is 4. The molecule has 0 saturated heterocycles. The largest absolute Gasteiger partial charge is 0.573 e. The molecule has 0 fully saturated rings. The van der Waals surface area contributed by atoms with E-state index in [9.17, 15) is 18.0 Å². The van der Waals surface area contributed by atoms with Gasteiger partial charge in [0, 0.05) is 24.5 Å². The van der Waals surface area contributed by atoms with Gasteiger partial charge in [-0.3, -0.25) is 4.98 Å². The van der Waals surface area contributed by atoms with Crippen molar-refractivity contribution in [3.05, 3.63) is 59.9 Å². The topological polar surface area (TPSA) is 60.5 Å². The van der Waals surface area contributed by atoms with Crippen LogP contribution in [-0.2, 0) is 17.9 Å². The molecular formula is C15H13F3N2O3. The maximum absolute atomic E-state index is 12.3. The molecule has 5 nitrogen and oxygen atoms in total. The van der Waals surface area contributed by atoms with Crippen LogP contribution in [0.5, 0.6) is 5.75 Å². The number of alkyl carbamates (subject to hydrolysis) is 1. The number of amides is 1. The number of carbonyl (C=O) groups excluding carboxylic acids is 1. The average molecular weight is 326 g/mol. The van der Waals surface area contributed by atoms with Gasteiger partial charge in [-0.1, -0.05) is 18.2 Å².